The highest BCUT2D eigenvalue weighted by molar-refractivity contribution is 4.80. The Hall–Kier alpha value is 0. The Bertz CT molecular complexity index is 274. The maximum absolute atomic E-state index is 2.47. The van der Waals surface area contributed by atoms with Crippen LogP contribution in [0.1, 0.15) is 125 Å². The van der Waals surface area contributed by atoms with Crippen molar-refractivity contribution in [2.24, 2.45) is 29.6 Å². The summed E-state index contributed by atoms with van der Waals surface area (Å²) in [6, 6.07) is 0. The molecule has 2 saturated carbocycles. The van der Waals surface area contributed by atoms with Crippen LogP contribution in [0.15, 0.2) is 0 Å². The lowest BCUT2D eigenvalue weighted by molar-refractivity contribution is 0.262. The van der Waals surface area contributed by atoms with E-state index in [0.29, 0.717) is 0 Å². The fraction of sp³-hybridized carbons (Fsp3) is 1.00. The fourth-order valence-electron chi connectivity index (χ4n) is 4.99. The lowest BCUT2D eigenvalue weighted by Crippen LogP contribution is -2.15. The standard InChI is InChI=1S/C17H34.C7H14/c1-5-6-7-9-15(4)12-13-16-10-8-11-17(16)14(2)3;1-7-5-3-2-4-6-7/h14-17H,5-13H2,1-4H3;7H,2-6H2,1H3. The second-order valence-electron chi connectivity index (χ2n) is 9.52. The minimum atomic E-state index is 0.915. The van der Waals surface area contributed by atoms with Crippen LogP contribution in [0, 0.1) is 29.6 Å². The second kappa shape index (κ2) is 13.2. The first-order valence-corrected chi connectivity index (χ1v) is 11.5. The normalized spacial score (nSPS) is 26.2. The van der Waals surface area contributed by atoms with Crippen molar-refractivity contribution < 1.29 is 0 Å². The van der Waals surface area contributed by atoms with Gasteiger partial charge in [0.25, 0.3) is 0 Å². The molecule has 0 aromatic rings. The first kappa shape index (κ1) is 22.0. The van der Waals surface area contributed by atoms with Gasteiger partial charge < -0.3 is 0 Å². The smallest absolute Gasteiger partial charge is 0.0363 e. The van der Waals surface area contributed by atoms with Crippen LogP contribution in [-0.2, 0) is 0 Å². The summed E-state index contributed by atoms with van der Waals surface area (Å²) in [5.41, 5.74) is 0. The highest BCUT2D eigenvalue weighted by Gasteiger charge is 2.29. The third-order valence-electron chi connectivity index (χ3n) is 6.80. The number of hydrogen-bond donors (Lipinski definition) is 0. The Morgan fingerprint density at radius 2 is 1.50 bits per heavy atom. The summed E-state index contributed by atoms with van der Waals surface area (Å²) in [5, 5.41) is 0. The first-order valence-electron chi connectivity index (χ1n) is 11.5. The van der Waals surface area contributed by atoms with Crippen LogP contribution < -0.4 is 0 Å². The molecule has 0 nitrogen and oxygen atoms in total. The molecule has 0 aromatic carbocycles. The maximum atomic E-state index is 2.47. The fourth-order valence-corrected chi connectivity index (χ4v) is 4.99. The van der Waals surface area contributed by atoms with E-state index in [2.05, 4.69) is 34.6 Å². The van der Waals surface area contributed by atoms with Crippen molar-refractivity contribution in [1.29, 1.82) is 0 Å². The predicted octanol–water partition coefficient (Wildman–Crippen LogP) is 8.64. The first-order chi connectivity index (χ1) is 11.5. The Labute approximate surface area is 154 Å². The van der Waals surface area contributed by atoms with E-state index in [9.17, 15) is 0 Å². The van der Waals surface area contributed by atoms with Crippen LogP contribution in [-0.4, -0.2) is 0 Å². The maximum Gasteiger partial charge on any atom is -0.0363 e. The molecule has 0 saturated heterocycles. The van der Waals surface area contributed by atoms with Crippen LogP contribution in [0.2, 0.25) is 0 Å². The highest BCUT2D eigenvalue weighted by Crippen LogP contribution is 2.40. The van der Waals surface area contributed by atoms with Gasteiger partial charge in [-0.3, -0.25) is 0 Å². The summed E-state index contributed by atoms with van der Waals surface area (Å²) in [7, 11) is 0. The summed E-state index contributed by atoms with van der Waals surface area (Å²) in [5.74, 6) is 5.02. The minimum absolute atomic E-state index is 0.915. The van der Waals surface area contributed by atoms with Crippen LogP contribution in [0.3, 0.4) is 0 Å². The SMILES string of the molecule is CC1CCCCC1.CCCCCC(C)CCC1CCCC1C(C)C. The van der Waals surface area contributed by atoms with Gasteiger partial charge in [-0.05, 0) is 42.4 Å². The third kappa shape index (κ3) is 9.47. The van der Waals surface area contributed by atoms with Gasteiger partial charge in [0.05, 0.1) is 0 Å². The summed E-state index contributed by atoms with van der Waals surface area (Å²) in [4.78, 5) is 0. The highest BCUT2D eigenvalue weighted by atomic mass is 14.3. The average Bonchev–Trinajstić information content (AvgIpc) is 3.03. The van der Waals surface area contributed by atoms with Crippen molar-refractivity contribution in [3.63, 3.8) is 0 Å². The quantitative estimate of drug-likeness (QED) is 0.389. The molecule has 3 unspecified atom stereocenters. The Kier molecular flexibility index (Phi) is 12.2. The Balaban J connectivity index is 0.000000341. The summed E-state index contributed by atoms with van der Waals surface area (Å²) >= 11 is 0. The third-order valence-corrected chi connectivity index (χ3v) is 6.80. The Morgan fingerprint density at radius 1 is 0.792 bits per heavy atom. The van der Waals surface area contributed by atoms with Crippen LogP contribution >= 0.6 is 0 Å². The zero-order valence-electron chi connectivity index (χ0n) is 17.8. The molecule has 0 bridgehead atoms. The van der Waals surface area contributed by atoms with Crippen LogP contribution in [0.25, 0.3) is 0 Å². The van der Waals surface area contributed by atoms with Gasteiger partial charge in [-0.2, -0.15) is 0 Å². The van der Waals surface area contributed by atoms with Gasteiger partial charge in [0.1, 0.15) is 0 Å². The topological polar surface area (TPSA) is 0 Å². The van der Waals surface area contributed by atoms with E-state index in [1.807, 2.05) is 0 Å². The van der Waals surface area contributed by atoms with Gasteiger partial charge in [-0.15, -0.1) is 0 Å². The van der Waals surface area contributed by atoms with Crippen molar-refractivity contribution in [1.82, 2.24) is 0 Å². The van der Waals surface area contributed by atoms with Gasteiger partial charge in [0, 0.05) is 0 Å². The molecule has 2 rings (SSSR count). The van der Waals surface area contributed by atoms with E-state index in [4.69, 9.17) is 0 Å². The summed E-state index contributed by atoms with van der Waals surface area (Å²) in [6.07, 6.45) is 20.7. The van der Waals surface area contributed by atoms with E-state index in [-0.39, 0.29) is 0 Å². The van der Waals surface area contributed by atoms with Crippen LogP contribution in [0.4, 0.5) is 0 Å². The molecule has 2 fully saturated rings. The molecular weight excluding hydrogens is 288 g/mol. The van der Waals surface area contributed by atoms with Gasteiger partial charge in [-0.1, -0.05) is 112 Å². The summed E-state index contributed by atoms with van der Waals surface area (Å²) in [6.45, 7) is 12.0. The largest absolute Gasteiger partial charge is 0.0654 e. The number of unbranched alkanes of at least 4 members (excludes halogenated alkanes) is 2. The van der Waals surface area contributed by atoms with E-state index < -0.39 is 0 Å². The van der Waals surface area contributed by atoms with Crippen molar-refractivity contribution in [2.45, 2.75) is 125 Å². The molecule has 0 radical (unpaired) electrons. The van der Waals surface area contributed by atoms with Gasteiger partial charge in [0.2, 0.25) is 0 Å². The molecule has 0 heteroatoms. The second-order valence-corrected chi connectivity index (χ2v) is 9.52. The molecule has 24 heavy (non-hydrogen) atoms. The number of hydrogen-bond acceptors (Lipinski definition) is 0. The zero-order valence-corrected chi connectivity index (χ0v) is 17.8. The molecule has 3 atom stereocenters. The van der Waals surface area contributed by atoms with Crippen LogP contribution in [0.5, 0.6) is 0 Å². The molecular formula is C24H48. The van der Waals surface area contributed by atoms with E-state index in [1.54, 1.807) is 0 Å². The molecule has 0 aromatic heterocycles. The molecule has 2 aliphatic carbocycles. The van der Waals surface area contributed by atoms with Crippen molar-refractivity contribution in [3.05, 3.63) is 0 Å². The lowest BCUT2D eigenvalue weighted by Gasteiger charge is -2.24. The monoisotopic (exact) mass is 336 g/mol. The molecule has 0 spiro atoms. The molecule has 144 valence electrons. The van der Waals surface area contributed by atoms with E-state index >= 15 is 0 Å². The van der Waals surface area contributed by atoms with E-state index in [1.165, 1.54) is 89.9 Å². The van der Waals surface area contributed by atoms with Crippen molar-refractivity contribution in [2.75, 3.05) is 0 Å². The van der Waals surface area contributed by atoms with Gasteiger partial charge >= 0.3 is 0 Å². The Morgan fingerprint density at radius 3 is 2.04 bits per heavy atom. The predicted molar refractivity (Wildman–Crippen MR) is 110 cm³/mol. The van der Waals surface area contributed by atoms with Crippen molar-refractivity contribution in [3.8, 4) is 0 Å². The molecule has 2 aliphatic rings. The van der Waals surface area contributed by atoms with Crippen molar-refractivity contribution >= 4 is 0 Å². The molecule has 0 aliphatic heterocycles. The van der Waals surface area contributed by atoms with E-state index in [0.717, 1.165) is 29.6 Å². The zero-order chi connectivity index (χ0) is 17.8. The average molecular weight is 337 g/mol. The molecule has 0 N–H and O–H groups in total. The number of rotatable bonds is 8. The van der Waals surface area contributed by atoms with Gasteiger partial charge in [0.15, 0.2) is 0 Å². The summed E-state index contributed by atoms with van der Waals surface area (Å²) < 4.78 is 0. The lowest BCUT2D eigenvalue weighted by atomic mass is 9.82. The molecule has 0 heterocycles. The van der Waals surface area contributed by atoms with Gasteiger partial charge in [-0.25, -0.2) is 0 Å². The minimum Gasteiger partial charge on any atom is -0.0654 e. The molecule has 0 amide bonds.